The Morgan fingerprint density at radius 3 is 2.43 bits per heavy atom. The number of carbonyl (C=O) groups is 1. The smallest absolute Gasteiger partial charge is 0.240 e. The molecule has 1 aromatic rings. The van der Waals surface area contributed by atoms with Crippen molar-refractivity contribution in [1.29, 1.82) is 0 Å². The minimum absolute atomic E-state index is 0.0564. The van der Waals surface area contributed by atoms with Crippen molar-refractivity contribution < 1.29 is 17.6 Å². The Morgan fingerprint density at radius 1 is 1.38 bits per heavy atom. The zero-order chi connectivity index (χ0) is 16.4. The first-order valence-corrected chi connectivity index (χ1v) is 7.77. The molecule has 0 spiro atoms. The highest BCUT2D eigenvalue weighted by atomic mass is 32.2. The van der Waals surface area contributed by atoms with E-state index in [0.29, 0.717) is 0 Å². The maximum Gasteiger partial charge on any atom is 0.240 e. The van der Waals surface area contributed by atoms with Crippen molar-refractivity contribution in [3.8, 4) is 0 Å². The second-order valence-corrected chi connectivity index (χ2v) is 7.17. The molecule has 0 aliphatic rings. The number of carbonyl (C=O) groups excluding carboxylic acids is 1. The van der Waals surface area contributed by atoms with Crippen molar-refractivity contribution in [2.45, 2.75) is 25.7 Å². The highest BCUT2D eigenvalue weighted by Gasteiger charge is 2.29. The van der Waals surface area contributed by atoms with Crippen molar-refractivity contribution in [3.63, 3.8) is 0 Å². The van der Waals surface area contributed by atoms with Crippen LogP contribution in [-0.4, -0.2) is 27.9 Å². The van der Waals surface area contributed by atoms with Gasteiger partial charge < -0.3 is 11.1 Å². The lowest BCUT2D eigenvalue weighted by Crippen LogP contribution is -2.43. The summed E-state index contributed by atoms with van der Waals surface area (Å²) >= 11 is 0. The van der Waals surface area contributed by atoms with Gasteiger partial charge in [-0.3, -0.25) is 4.79 Å². The third kappa shape index (κ3) is 3.92. The van der Waals surface area contributed by atoms with Gasteiger partial charge in [0.15, 0.2) is 0 Å². The molecule has 0 unspecified atom stereocenters. The molecule has 4 N–H and O–H groups in total. The lowest BCUT2D eigenvalue weighted by atomic mass is 9.93. The molecule has 0 saturated carbocycles. The van der Waals surface area contributed by atoms with Gasteiger partial charge in [-0.15, -0.1) is 0 Å². The molecule has 8 heteroatoms. The quantitative estimate of drug-likeness (QED) is 0.698. The van der Waals surface area contributed by atoms with Crippen LogP contribution in [0.4, 0.5) is 10.1 Å². The summed E-state index contributed by atoms with van der Waals surface area (Å²) in [5, 5.41) is 2.45. The number of halogens is 1. The first kappa shape index (κ1) is 17.4. The summed E-state index contributed by atoms with van der Waals surface area (Å²) in [4.78, 5) is 11.3. The number of nitrogens with two attached hydrogens (primary N) is 1. The third-order valence-electron chi connectivity index (χ3n) is 3.21. The van der Waals surface area contributed by atoms with Crippen LogP contribution in [0.15, 0.2) is 17.0 Å². The van der Waals surface area contributed by atoms with Crippen LogP contribution in [0.1, 0.15) is 19.4 Å². The van der Waals surface area contributed by atoms with E-state index in [1.54, 1.807) is 13.8 Å². The number of amides is 1. The fraction of sp³-hybridized carbons (Fsp3) is 0.462. The maximum atomic E-state index is 13.6. The molecule has 0 atom stereocenters. The topological polar surface area (TPSA) is 101 Å². The second-order valence-electron chi connectivity index (χ2n) is 5.41. The molecule has 0 saturated heterocycles. The number of benzene rings is 1. The first-order chi connectivity index (χ1) is 9.51. The molecule has 0 aromatic heterocycles. The van der Waals surface area contributed by atoms with Crippen LogP contribution < -0.4 is 15.8 Å². The summed E-state index contributed by atoms with van der Waals surface area (Å²) in [5.41, 5.74) is 4.89. The molecule has 1 aromatic carbocycles. The van der Waals surface area contributed by atoms with Gasteiger partial charge in [0.25, 0.3) is 0 Å². The van der Waals surface area contributed by atoms with Crippen molar-refractivity contribution in [2.75, 3.05) is 19.3 Å². The molecule has 0 aliphatic heterocycles. The molecular weight excluding hydrogens is 297 g/mol. The van der Waals surface area contributed by atoms with E-state index in [-0.39, 0.29) is 28.6 Å². The number of hydrogen-bond donors (Lipinski definition) is 3. The predicted octanol–water partition coefficient (Wildman–Crippen LogP) is 0.767. The summed E-state index contributed by atoms with van der Waals surface area (Å²) in [6.07, 6.45) is 0. The fourth-order valence-corrected chi connectivity index (χ4v) is 2.87. The number of sulfonamides is 1. The van der Waals surface area contributed by atoms with Gasteiger partial charge in [-0.05, 0) is 32.9 Å². The van der Waals surface area contributed by atoms with Gasteiger partial charge in [0.05, 0.1) is 10.3 Å². The Labute approximate surface area is 124 Å². The standard InChI is InChI=1S/C13H20FN3O3S/c1-8-10(14)5-9(6-11(8)15)21(19,20)17-7-13(2,3)12(18)16-4/h5-6,17H,7,15H2,1-4H3,(H,16,18). The van der Waals surface area contributed by atoms with Crippen molar-refractivity contribution in [1.82, 2.24) is 10.0 Å². The zero-order valence-electron chi connectivity index (χ0n) is 12.5. The van der Waals surface area contributed by atoms with Crippen LogP contribution in [0, 0.1) is 18.2 Å². The normalized spacial score (nSPS) is 12.2. The third-order valence-corrected chi connectivity index (χ3v) is 4.59. The minimum atomic E-state index is -3.95. The Kier molecular flexibility index (Phi) is 4.95. The fourth-order valence-electron chi connectivity index (χ4n) is 1.61. The van der Waals surface area contributed by atoms with Crippen LogP contribution >= 0.6 is 0 Å². The number of nitrogen functional groups attached to an aromatic ring is 1. The van der Waals surface area contributed by atoms with Gasteiger partial charge >= 0.3 is 0 Å². The Hall–Kier alpha value is -1.67. The van der Waals surface area contributed by atoms with E-state index >= 15 is 0 Å². The van der Waals surface area contributed by atoms with Crippen LogP contribution in [0.5, 0.6) is 0 Å². The number of rotatable bonds is 5. The van der Waals surface area contributed by atoms with Crippen molar-refractivity contribution in [2.24, 2.45) is 5.41 Å². The highest BCUT2D eigenvalue weighted by molar-refractivity contribution is 7.89. The van der Waals surface area contributed by atoms with Gasteiger partial charge in [0, 0.05) is 24.8 Å². The largest absolute Gasteiger partial charge is 0.398 e. The number of hydrogen-bond acceptors (Lipinski definition) is 4. The van der Waals surface area contributed by atoms with Gasteiger partial charge in [-0.1, -0.05) is 0 Å². The van der Waals surface area contributed by atoms with Crippen molar-refractivity contribution >= 4 is 21.6 Å². The molecule has 1 rings (SSSR count). The molecule has 1 amide bonds. The lowest BCUT2D eigenvalue weighted by Gasteiger charge is -2.22. The molecule has 0 heterocycles. The van der Waals surface area contributed by atoms with Crippen LogP contribution in [-0.2, 0) is 14.8 Å². The van der Waals surface area contributed by atoms with Crippen LogP contribution in [0.2, 0.25) is 0 Å². The van der Waals surface area contributed by atoms with E-state index in [2.05, 4.69) is 10.0 Å². The SMILES string of the molecule is CNC(=O)C(C)(C)CNS(=O)(=O)c1cc(N)c(C)c(F)c1. The predicted molar refractivity (Wildman–Crippen MR) is 78.6 cm³/mol. The summed E-state index contributed by atoms with van der Waals surface area (Å²) in [6, 6.07) is 2.09. The average Bonchev–Trinajstić information content (AvgIpc) is 2.41. The van der Waals surface area contributed by atoms with Crippen molar-refractivity contribution in [3.05, 3.63) is 23.5 Å². The molecular formula is C13H20FN3O3S. The lowest BCUT2D eigenvalue weighted by molar-refractivity contribution is -0.128. The summed E-state index contributed by atoms with van der Waals surface area (Å²) in [5.74, 6) is -0.999. The Bertz CT molecular complexity index is 634. The van der Waals surface area contributed by atoms with E-state index in [9.17, 15) is 17.6 Å². The first-order valence-electron chi connectivity index (χ1n) is 6.29. The Morgan fingerprint density at radius 2 is 1.95 bits per heavy atom. The minimum Gasteiger partial charge on any atom is -0.398 e. The summed E-state index contributed by atoms with van der Waals surface area (Å²) in [6.45, 7) is 4.53. The summed E-state index contributed by atoms with van der Waals surface area (Å²) in [7, 11) is -2.48. The number of nitrogens with one attached hydrogen (secondary N) is 2. The van der Waals surface area contributed by atoms with Gasteiger partial charge in [0.2, 0.25) is 15.9 Å². The summed E-state index contributed by atoms with van der Waals surface area (Å²) < 4.78 is 40.2. The maximum absolute atomic E-state index is 13.6. The monoisotopic (exact) mass is 317 g/mol. The van der Waals surface area contributed by atoms with E-state index in [1.807, 2.05) is 0 Å². The average molecular weight is 317 g/mol. The van der Waals surface area contributed by atoms with Gasteiger partial charge in [0.1, 0.15) is 5.82 Å². The van der Waals surface area contributed by atoms with Gasteiger partial charge in [-0.2, -0.15) is 0 Å². The molecule has 6 nitrogen and oxygen atoms in total. The van der Waals surface area contributed by atoms with E-state index in [0.717, 1.165) is 6.07 Å². The molecule has 0 bridgehead atoms. The van der Waals surface area contributed by atoms with Crippen LogP contribution in [0.3, 0.4) is 0 Å². The molecule has 118 valence electrons. The van der Waals surface area contributed by atoms with Gasteiger partial charge in [-0.25, -0.2) is 17.5 Å². The highest BCUT2D eigenvalue weighted by Crippen LogP contribution is 2.22. The zero-order valence-corrected chi connectivity index (χ0v) is 13.3. The Balaban J connectivity index is 3.01. The van der Waals surface area contributed by atoms with E-state index < -0.39 is 21.3 Å². The molecule has 0 radical (unpaired) electrons. The number of anilines is 1. The second kappa shape index (κ2) is 5.98. The van der Waals surface area contributed by atoms with Crippen LogP contribution in [0.25, 0.3) is 0 Å². The molecule has 21 heavy (non-hydrogen) atoms. The molecule has 0 aliphatic carbocycles. The van der Waals surface area contributed by atoms with E-state index in [4.69, 9.17) is 5.73 Å². The molecule has 0 fully saturated rings. The van der Waals surface area contributed by atoms with E-state index in [1.165, 1.54) is 20.0 Å².